The second-order valence-corrected chi connectivity index (χ2v) is 12.2. The number of fused-ring (bicyclic) bond motifs is 3. The van der Waals surface area contributed by atoms with E-state index in [9.17, 15) is 13.6 Å². The molecule has 3 aliphatic heterocycles. The van der Waals surface area contributed by atoms with Gasteiger partial charge in [-0.2, -0.15) is 9.97 Å². The third-order valence-corrected chi connectivity index (χ3v) is 9.49. The average molecular weight is 621 g/mol. The maximum atomic E-state index is 16.7. The fourth-order valence-corrected chi connectivity index (χ4v) is 7.31. The van der Waals surface area contributed by atoms with Crippen LogP contribution in [-0.4, -0.2) is 76.9 Å². The standard InChI is InChI=1S/C33H32F4N6O2/c1-3-20-16-42(11-9-38-20)31-22-13-24(36)27(30-26-18(12-25(44)39-30)6-7-23(35)21(26)4-2)28(37)29(22)40-32(41-31)45-17-33-8-5-10-43(33)15-19(34)14-33/h2,6-7,12-13,19-20,38H,3,5,8-11,14-17H2,1H3,(H,39,44)/t19-,20-,33+/m1/s1. The van der Waals surface area contributed by atoms with E-state index in [-0.39, 0.29) is 51.6 Å². The number of piperazine rings is 1. The van der Waals surface area contributed by atoms with Gasteiger partial charge in [0.1, 0.15) is 35.7 Å². The molecule has 2 aromatic heterocycles. The summed E-state index contributed by atoms with van der Waals surface area (Å²) in [6.07, 6.45) is 7.48. The molecule has 0 amide bonds. The number of anilines is 1. The van der Waals surface area contributed by atoms with Gasteiger partial charge in [-0.25, -0.2) is 17.6 Å². The Kier molecular flexibility index (Phi) is 7.41. The molecule has 3 atom stereocenters. The van der Waals surface area contributed by atoms with Crippen molar-refractivity contribution in [3.05, 3.63) is 57.6 Å². The molecular weight excluding hydrogens is 588 g/mol. The Hall–Kier alpha value is -4.21. The summed E-state index contributed by atoms with van der Waals surface area (Å²) in [5.41, 5.74) is -2.51. The predicted molar refractivity (Wildman–Crippen MR) is 164 cm³/mol. The first-order valence-electron chi connectivity index (χ1n) is 15.2. The molecule has 0 radical (unpaired) electrons. The van der Waals surface area contributed by atoms with Crippen LogP contribution in [0.2, 0.25) is 0 Å². The number of ether oxygens (including phenoxy) is 1. The molecule has 3 fully saturated rings. The topological polar surface area (TPSA) is 86.4 Å². The quantitative estimate of drug-likeness (QED) is 0.239. The summed E-state index contributed by atoms with van der Waals surface area (Å²) in [6, 6.07) is 4.77. The number of nitrogens with one attached hydrogen (secondary N) is 2. The van der Waals surface area contributed by atoms with E-state index in [0.29, 0.717) is 38.4 Å². The van der Waals surface area contributed by atoms with Gasteiger partial charge in [0.25, 0.3) is 0 Å². The number of terminal acetylenes is 1. The SMILES string of the molecule is C#Cc1c(F)ccc2cc(=O)[nH]c(-c3c(F)cc4c(N5CCN[C@H](CC)C5)nc(OC[C@@]56CCCN5C[C@H](F)C6)nc4c3F)c12. The first-order chi connectivity index (χ1) is 21.7. The summed E-state index contributed by atoms with van der Waals surface area (Å²) in [5, 5.41) is 3.77. The zero-order valence-corrected chi connectivity index (χ0v) is 24.7. The van der Waals surface area contributed by atoms with Crippen LogP contribution in [0.4, 0.5) is 23.4 Å². The van der Waals surface area contributed by atoms with Gasteiger partial charge in [-0.1, -0.05) is 18.9 Å². The van der Waals surface area contributed by atoms with Crippen molar-refractivity contribution >= 4 is 27.5 Å². The van der Waals surface area contributed by atoms with Crippen LogP contribution in [0.3, 0.4) is 0 Å². The largest absolute Gasteiger partial charge is 0.461 e. The minimum Gasteiger partial charge on any atom is -0.461 e. The lowest BCUT2D eigenvalue weighted by Crippen LogP contribution is -2.50. The van der Waals surface area contributed by atoms with Gasteiger partial charge < -0.3 is 19.9 Å². The molecule has 7 rings (SSSR count). The Bertz CT molecular complexity index is 1930. The van der Waals surface area contributed by atoms with Crippen molar-refractivity contribution in [3.8, 4) is 29.6 Å². The van der Waals surface area contributed by atoms with Crippen LogP contribution in [0.5, 0.6) is 6.01 Å². The van der Waals surface area contributed by atoms with E-state index in [1.54, 1.807) is 0 Å². The van der Waals surface area contributed by atoms with E-state index in [4.69, 9.17) is 11.2 Å². The molecule has 2 N–H and O–H groups in total. The fourth-order valence-electron chi connectivity index (χ4n) is 7.31. The average Bonchev–Trinajstić information content (AvgIpc) is 3.55. The lowest BCUT2D eigenvalue weighted by molar-refractivity contribution is 0.107. The highest BCUT2D eigenvalue weighted by Gasteiger charge is 2.49. The number of aromatic amines is 1. The van der Waals surface area contributed by atoms with Gasteiger partial charge in [-0.15, -0.1) is 6.42 Å². The van der Waals surface area contributed by atoms with Gasteiger partial charge in [-0.3, -0.25) is 9.69 Å². The molecule has 0 unspecified atom stereocenters. The van der Waals surface area contributed by atoms with Gasteiger partial charge >= 0.3 is 6.01 Å². The van der Waals surface area contributed by atoms with Crippen molar-refractivity contribution in [2.45, 2.75) is 50.4 Å². The van der Waals surface area contributed by atoms with E-state index >= 15 is 8.78 Å². The number of alkyl halides is 1. The van der Waals surface area contributed by atoms with E-state index in [1.165, 1.54) is 12.1 Å². The fraction of sp³-hybridized carbons (Fsp3) is 0.424. The number of halogens is 4. The number of rotatable bonds is 6. The normalized spacial score (nSPS) is 23.5. The Morgan fingerprint density at radius 2 is 2.00 bits per heavy atom. The summed E-state index contributed by atoms with van der Waals surface area (Å²) in [7, 11) is 0. The third-order valence-electron chi connectivity index (χ3n) is 9.49. The molecule has 45 heavy (non-hydrogen) atoms. The van der Waals surface area contributed by atoms with Crippen molar-refractivity contribution in [1.82, 2.24) is 25.2 Å². The van der Waals surface area contributed by atoms with E-state index in [0.717, 1.165) is 37.9 Å². The maximum Gasteiger partial charge on any atom is 0.319 e. The van der Waals surface area contributed by atoms with Crippen LogP contribution in [0.1, 0.15) is 38.2 Å². The Morgan fingerprint density at radius 3 is 2.80 bits per heavy atom. The van der Waals surface area contributed by atoms with Crippen LogP contribution < -0.4 is 20.5 Å². The summed E-state index contributed by atoms with van der Waals surface area (Å²) in [4.78, 5) is 28.2. The lowest BCUT2D eigenvalue weighted by atomic mass is 9.95. The summed E-state index contributed by atoms with van der Waals surface area (Å²) in [6.45, 7) is 4.97. The molecule has 0 bridgehead atoms. The Labute approximate surface area is 256 Å². The number of benzene rings is 2. The molecule has 2 aromatic carbocycles. The smallest absolute Gasteiger partial charge is 0.319 e. The Morgan fingerprint density at radius 1 is 1.16 bits per heavy atom. The van der Waals surface area contributed by atoms with Crippen molar-refractivity contribution in [2.75, 3.05) is 44.2 Å². The molecule has 234 valence electrons. The molecule has 8 nitrogen and oxygen atoms in total. The predicted octanol–water partition coefficient (Wildman–Crippen LogP) is 4.68. The van der Waals surface area contributed by atoms with Gasteiger partial charge in [0.05, 0.1) is 22.4 Å². The van der Waals surface area contributed by atoms with Crippen LogP contribution >= 0.6 is 0 Å². The monoisotopic (exact) mass is 620 g/mol. The third kappa shape index (κ3) is 4.98. The van der Waals surface area contributed by atoms with E-state index in [1.807, 2.05) is 11.8 Å². The van der Waals surface area contributed by atoms with Crippen molar-refractivity contribution < 1.29 is 22.3 Å². The van der Waals surface area contributed by atoms with Crippen LogP contribution in [0.15, 0.2) is 29.1 Å². The number of aromatic nitrogens is 3. The molecule has 0 saturated carbocycles. The summed E-state index contributed by atoms with van der Waals surface area (Å²) in [5.74, 6) is -0.306. The van der Waals surface area contributed by atoms with Crippen molar-refractivity contribution in [2.24, 2.45) is 0 Å². The first-order valence-corrected chi connectivity index (χ1v) is 15.2. The molecule has 0 aliphatic carbocycles. The highest BCUT2D eigenvalue weighted by Crippen LogP contribution is 2.41. The maximum absolute atomic E-state index is 16.7. The molecular formula is C33H32F4N6O2. The second kappa shape index (κ2) is 11.3. The number of pyridine rings is 1. The van der Waals surface area contributed by atoms with E-state index < -0.39 is 40.3 Å². The van der Waals surface area contributed by atoms with Gasteiger partial charge in [-0.05, 0) is 43.3 Å². The minimum absolute atomic E-state index is 0.00432. The molecule has 5 heterocycles. The van der Waals surface area contributed by atoms with Gasteiger partial charge in [0.2, 0.25) is 5.56 Å². The van der Waals surface area contributed by atoms with Crippen LogP contribution in [-0.2, 0) is 0 Å². The zero-order chi connectivity index (χ0) is 31.5. The second-order valence-electron chi connectivity index (χ2n) is 12.2. The van der Waals surface area contributed by atoms with Crippen molar-refractivity contribution in [3.63, 3.8) is 0 Å². The van der Waals surface area contributed by atoms with Gasteiger partial charge in [0.15, 0.2) is 5.82 Å². The van der Waals surface area contributed by atoms with Gasteiger partial charge in [0, 0.05) is 55.5 Å². The minimum atomic E-state index is -1.08. The number of H-pyrrole nitrogens is 1. The summed E-state index contributed by atoms with van der Waals surface area (Å²) < 4.78 is 68.2. The molecule has 3 aliphatic rings. The molecule has 12 heteroatoms. The highest BCUT2D eigenvalue weighted by atomic mass is 19.1. The van der Waals surface area contributed by atoms with Crippen LogP contribution in [0, 0.1) is 29.8 Å². The molecule has 3 saturated heterocycles. The highest BCUT2D eigenvalue weighted by molar-refractivity contribution is 6.01. The Balaban J connectivity index is 1.41. The van der Waals surface area contributed by atoms with Crippen LogP contribution in [0.25, 0.3) is 32.9 Å². The molecule has 0 spiro atoms. The number of hydrogen-bond acceptors (Lipinski definition) is 7. The first kappa shape index (κ1) is 29.5. The lowest BCUT2D eigenvalue weighted by Gasteiger charge is -2.35. The molecule has 4 aromatic rings. The number of nitrogens with zero attached hydrogens (tertiary/aromatic N) is 4. The number of hydrogen-bond donors (Lipinski definition) is 2. The van der Waals surface area contributed by atoms with E-state index in [2.05, 4.69) is 31.1 Å². The van der Waals surface area contributed by atoms with Crippen molar-refractivity contribution in [1.29, 1.82) is 0 Å². The zero-order valence-electron chi connectivity index (χ0n) is 24.7. The summed E-state index contributed by atoms with van der Waals surface area (Å²) >= 11 is 0.